The van der Waals surface area contributed by atoms with Gasteiger partial charge in [-0.3, -0.25) is 4.79 Å². The molecule has 0 aromatic heterocycles. The Hall–Kier alpha value is -2.99. The lowest BCUT2D eigenvalue weighted by atomic mass is 10.1. The Morgan fingerprint density at radius 3 is 2.57 bits per heavy atom. The van der Waals surface area contributed by atoms with Crippen LogP contribution >= 0.6 is 0 Å². The van der Waals surface area contributed by atoms with Crippen LogP contribution in [0.2, 0.25) is 0 Å². The molecule has 1 heterocycles. The number of carbonyl (C=O) groups is 1. The lowest BCUT2D eigenvalue weighted by molar-refractivity contribution is -0.117. The fourth-order valence-corrected chi connectivity index (χ4v) is 3.38. The van der Waals surface area contributed by atoms with Crippen LogP contribution in [-0.2, 0) is 9.53 Å². The van der Waals surface area contributed by atoms with Crippen molar-refractivity contribution in [2.45, 2.75) is 19.9 Å². The van der Waals surface area contributed by atoms with Gasteiger partial charge in [-0.25, -0.2) is 0 Å². The van der Waals surface area contributed by atoms with Crippen LogP contribution in [0.1, 0.15) is 31.0 Å². The van der Waals surface area contributed by atoms with Gasteiger partial charge in [0, 0.05) is 24.9 Å². The number of morpholine rings is 1. The number of hydrogen-bond donors (Lipinski definition) is 1. The zero-order valence-corrected chi connectivity index (χ0v) is 17.9. The van der Waals surface area contributed by atoms with Crippen LogP contribution in [0.4, 0.5) is 5.69 Å². The maximum atomic E-state index is 12.4. The smallest absolute Gasteiger partial charge is 0.244 e. The van der Waals surface area contributed by atoms with Crippen molar-refractivity contribution in [1.82, 2.24) is 5.32 Å². The Morgan fingerprint density at radius 2 is 1.90 bits per heavy atom. The van der Waals surface area contributed by atoms with Crippen molar-refractivity contribution in [3.05, 3.63) is 59.7 Å². The highest BCUT2D eigenvalue weighted by Gasteiger charge is 2.13. The zero-order valence-electron chi connectivity index (χ0n) is 17.9. The number of hydrogen-bond acceptors (Lipinski definition) is 5. The number of benzene rings is 2. The Kier molecular flexibility index (Phi) is 7.74. The van der Waals surface area contributed by atoms with E-state index in [4.69, 9.17) is 14.2 Å². The van der Waals surface area contributed by atoms with Crippen LogP contribution in [0.5, 0.6) is 11.5 Å². The second-order valence-corrected chi connectivity index (χ2v) is 7.10. The van der Waals surface area contributed by atoms with Gasteiger partial charge in [0.05, 0.1) is 33.0 Å². The van der Waals surface area contributed by atoms with Crippen LogP contribution < -0.4 is 19.7 Å². The van der Waals surface area contributed by atoms with Crippen molar-refractivity contribution in [1.29, 1.82) is 0 Å². The number of nitrogens with zero attached hydrogens (tertiary/aromatic N) is 1. The van der Waals surface area contributed by atoms with Crippen LogP contribution in [0.3, 0.4) is 0 Å². The zero-order chi connectivity index (χ0) is 21.3. The van der Waals surface area contributed by atoms with Gasteiger partial charge in [-0.15, -0.1) is 0 Å². The van der Waals surface area contributed by atoms with Gasteiger partial charge >= 0.3 is 0 Å². The summed E-state index contributed by atoms with van der Waals surface area (Å²) in [7, 11) is 1.61. The molecular weight excluding hydrogens is 380 g/mol. The molecule has 1 aliphatic rings. The molecule has 0 aliphatic carbocycles. The molecule has 1 aliphatic heterocycles. The summed E-state index contributed by atoms with van der Waals surface area (Å²) < 4.78 is 16.3. The van der Waals surface area contributed by atoms with Crippen molar-refractivity contribution in [3.63, 3.8) is 0 Å². The van der Waals surface area contributed by atoms with Gasteiger partial charge in [0.15, 0.2) is 11.5 Å². The van der Waals surface area contributed by atoms with E-state index in [-0.39, 0.29) is 11.9 Å². The van der Waals surface area contributed by atoms with Crippen LogP contribution in [-0.4, -0.2) is 45.9 Å². The highest BCUT2D eigenvalue weighted by Crippen LogP contribution is 2.28. The van der Waals surface area contributed by atoms with E-state index >= 15 is 0 Å². The summed E-state index contributed by atoms with van der Waals surface area (Å²) >= 11 is 0. The predicted molar refractivity (Wildman–Crippen MR) is 119 cm³/mol. The third-order valence-corrected chi connectivity index (χ3v) is 5.04. The lowest BCUT2D eigenvalue weighted by Gasteiger charge is -2.29. The van der Waals surface area contributed by atoms with Crippen molar-refractivity contribution >= 4 is 17.7 Å². The van der Waals surface area contributed by atoms with Gasteiger partial charge in [0.2, 0.25) is 5.91 Å². The van der Waals surface area contributed by atoms with E-state index in [9.17, 15) is 4.79 Å². The largest absolute Gasteiger partial charge is 0.493 e. The maximum Gasteiger partial charge on any atom is 0.244 e. The SMILES string of the molecule is CCOc1cc(/C=C/C(=O)NC(C)c2ccc(N3CCOCC3)cc2)ccc1OC. The minimum atomic E-state index is -0.145. The van der Waals surface area contributed by atoms with Gasteiger partial charge in [-0.1, -0.05) is 18.2 Å². The Morgan fingerprint density at radius 1 is 1.17 bits per heavy atom. The van der Waals surface area contributed by atoms with Crippen molar-refractivity contribution in [2.75, 3.05) is 44.9 Å². The molecule has 30 heavy (non-hydrogen) atoms. The minimum absolute atomic E-state index is 0.0873. The highest BCUT2D eigenvalue weighted by molar-refractivity contribution is 5.92. The average molecular weight is 411 g/mol. The van der Waals surface area contributed by atoms with Crippen LogP contribution in [0, 0.1) is 0 Å². The quantitative estimate of drug-likeness (QED) is 0.671. The summed E-state index contributed by atoms with van der Waals surface area (Å²) in [6.45, 7) is 7.80. The Labute approximate surface area is 178 Å². The van der Waals surface area contributed by atoms with Crippen molar-refractivity contribution in [2.24, 2.45) is 0 Å². The van der Waals surface area contributed by atoms with E-state index in [2.05, 4.69) is 34.5 Å². The molecule has 1 atom stereocenters. The number of amides is 1. The number of anilines is 1. The molecule has 1 amide bonds. The van der Waals surface area contributed by atoms with Gasteiger partial charge in [0.25, 0.3) is 0 Å². The first-order valence-corrected chi connectivity index (χ1v) is 10.3. The second-order valence-electron chi connectivity index (χ2n) is 7.10. The van der Waals surface area contributed by atoms with E-state index in [0.29, 0.717) is 18.1 Å². The van der Waals surface area contributed by atoms with E-state index in [0.717, 1.165) is 37.4 Å². The fraction of sp³-hybridized carbons (Fsp3) is 0.375. The second kappa shape index (κ2) is 10.7. The van der Waals surface area contributed by atoms with E-state index in [1.807, 2.05) is 32.0 Å². The molecule has 1 N–H and O–H groups in total. The molecule has 6 heteroatoms. The molecule has 0 bridgehead atoms. The molecular formula is C24H30N2O4. The molecule has 1 unspecified atom stereocenters. The van der Waals surface area contributed by atoms with E-state index < -0.39 is 0 Å². The minimum Gasteiger partial charge on any atom is -0.493 e. The normalized spacial score (nSPS) is 15.1. The van der Waals surface area contributed by atoms with Crippen molar-refractivity contribution < 1.29 is 19.0 Å². The molecule has 1 fully saturated rings. The summed E-state index contributed by atoms with van der Waals surface area (Å²) in [5, 5.41) is 3.01. The number of carbonyl (C=O) groups excluding carboxylic acids is 1. The van der Waals surface area contributed by atoms with Crippen LogP contribution in [0.15, 0.2) is 48.5 Å². The fourth-order valence-electron chi connectivity index (χ4n) is 3.38. The summed E-state index contributed by atoms with van der Waals surface area (Å²) in [4.78, 5) is 14.7. The van der Waals surface area contributed by atoms with E-state index in [1.54, 1.807) is 13.2 Å². The highest BCUT2D eigenvalue weighted by atomic mass is 16.5. The molecule has 3 rings (SSSR count). The van der Waals surface area contributed by atoms with Gasteiger partial charge < -0.3 is 24.4 Å². The Bertz CT molecular complexity index is 858. The van der Waals surface area contributed by atoms with Crippen LogP contribution in [0.25, 0.3) is 6.08 Å². The monoisotopic (exact) mass is 410 g/mol. The number of methoxy groups -OCH3 is 1. The molecule has 0 radical (unpaired) electrons. The van der Waals surface area contributed by atoms with Gasteiger partial charge in [-0.2, -0.15) is 0 Å². The van der Waals surface area contributed by atoms with E-state index in [1.165, 1.54) is 11.8 Å². The first kappa shape index (κ1) is 21.7. The molecule has 0 saturated carbocycles. The summed E-state index contributed by atoms with van der Waals surface area (Å²) in [5.74, 6) is 1.19. The molecule has 6 nitrogen and oxygen atoms in total. The van der Waals surface area contributed by atoms with Gasteiger partial charge in [-0.05, 0) is 55.3 Å². The number of ether oxygens (including phenoxy) is 3. The molecule has 160 valence electrons. The molecule has 2 aromatic carbocycles. The standard InChI is InChI=1S/C24H30N2O4/c1-4-30-23-17-19(5-11-22(23)28-3)6-12-24(27)25-18(2)20-7-9-21(10-8-20)26-13-15-29-16-14-26/h5-12,17-18H,4,13-16H2,1-3H3,(H,25,27)/b12-6+. The Balaban J connectivity index is 1.58. The maximum absolute atomic E-state index is 12.4. The third kappa shape index (κ3) is 5.76. The summed E-state index contributed by atoms with van der Waals surface area (Å²) in [5.41, 5.74) is 3.12. The molecule has 1 saturated heterocycles. The molecule has 0 spiro atoms. The molecule has 2 aromatic rings. The summed E-state index contributed by atoms with van der Waals surface area (Å²) in [6, 6.07) is 13.8. The first-order valence-electron chi connectivity index (χ1n) is 10.3. The average Bonchev–Trinajstić information content (AvgIpc) is 2.79. The third-order valence-electron chi connectivity index (χ3n) is 5.04. The number of nitrogens with one attached hydrogen (secondary N) is 1. The topological polar surface area (TPSA) is 60.0 Å². The van der Waals surface area contributed by atoms with Crippen molar-refractivity contribution in [3.8, 4) is 11.5 Å². The lowest BCUT2D eigenvalue weighted by Crippen LogP contribution is -2.36. The predicted octanol–water partition coefficient (Wildman–Crippen LogP) is 3.82. The number of rotatable bonds is 8. The summed E-state index contributed by atoms with van der Waals surface area (Å²) in [6.07, 6.45) is 3.31. The first-order chi connectivity index (χ1) is 14.6. The van der Waals surface area contributed by atoms with Gasteiger partial charge in [0.1, 0.15) is 0 Å².